The maximum atomic E-state index is 12.1. The fraction of sp³-hybridized carbons (Fsp3) is 0.529. The first-order chi connectivity index (χ1) is 10.6. The SMILES string of the molecule is CC(=O)N[C@@H](C)C(=O)NC[C@@H](c1ccccc1)N1CCCC1. The van der Waals surface area contributed by atoms with Crippen LogP contribution in [0.2, 0.25) is 0 Å². The van der Waals surface area contributed by atoms with Crippen molar-refractivity contribution in [3.63, 3.8) is 0 Å². The van der Waals surface area contributed by atoms with E-state index in [9.17, 15) is 9.59 Å². The van der Waals surface area contributed by atoms with Crippen LogP contribution in [0.25, 0.3) is 0 Å². The summed E-state index contributed by atoms with van der Waals surface area (Å²) in [7, 11) is 0. The third kappa shape index (κ3) is 4.56. The molecule has 2 atom stereocenters. The largest absolute Gasteiger partial charge is 0.352 e. The van der Waals surface area contributed by atoms with E-state index in [1.54, 1.807) is 6.92 Å². The summed E-state index contributed by atoms with van der Waals surface area (Å²) in [6.45, 7) is 5.81. The summed E-state index contributed by atoms with van der Waals surface area (Å²) >= 11 is 0. The van der Waals surface area contributed by atoms with Gasteiger partial charge in [-0.2, -0.15) is 0 Å². The number of rotatable bonds is 6. The Morgan fingerprint density at radius 1 is 1.18 bits per heavy atom. The molecule has 0 aromatic heterocycles. The molecule has 0 aliphatic carbocycles. The normalized spacial score (nSPS) is 17.7. The average Bonchev–Trinajstić information content (AvgIpc) is 3.02. The minimum absolute atomic E-state index is 0.143. The molecule has 1 heterocycles. The number of likely N-dealkylation sites (tertiary alicyclic amines) is 1. The van der Waals surface area contributed by atoms with Crippen LogP contribution in [0.1, 0.15) is 38.3 Å². The second-order valence-corrected chi connectivity index (χ2v) is 5.84. The lowest BCUT2D eigenvalue weighted by atomic mass is 10.1. The summed E-state index contributed by atoms with van der Waals surface area (Å²) in [5.74, 6) is -0.336. The minimum atomic E-state index is -0.507. The summed E-state index contributed by atoms with van der Waals surface area (Å²) in [5, 5.41) is 5.58. The molecule has 5 nitrogen and oxygen atoms in total. The third-order valence-electron chi connectivity index (χ3n) is 4.05. The zero-order valence-corrected chi connectivity index (χ0v) is 13.3. The molecule has 0 spiro atoms. The molecule has 0 radical (unpaired) electrons. The number of hydrogen-bond acceptors (Lipinski definition) is 3. The lowest BCUT2D eigenvalue weighted by Crippen LogP contribution is -2.46. The summed E-state index contributed by atoms with van der Waals surface area (Å²) in [4.78, 5) is 25.5. The van der Waals surface area contributed by atoms with Crippen LogP contribution < -0.4 is 10.6 Å². The van der Waals surface area contributed by atoms with Gasteiger partial charge in [0.1, 0.15) is 6.04 Å². The Labute approximate surface area is 132 Å². The Hall–Kier alpha value is -1.88. The topological polar surface area (TPSA) is 61.4 Å². The first-order valence-electron chi connectivity index (χ1n) is 7.91. The van der Waals surface area contributed by atoms with Crippen molar-refractivity contribution in [1.29, 1.82) is 0 Å². The van der Waals surface area contributed by atoms with Gasteiger partial charge < -0.3 is 10.6 Å². The molecule has 2 rings (SSSR count). The number of benzene rings is 1. The van der Waals surface area contributed by atoms with E-state index in [1.165, 1.54) is 25.3 Å². The predicted octanol–water partition coefficient (Wildman–Crippen LogP) is 1.46. The van der Waals surface area contributed by atoms with Crippen molar-refractivity contribution in [2.45, 2.75) is 38.8 Å². The molecule has 1 aliphatic heterocycles. The lowest BCUT2D eigenvalue weighted by Gasteiger charge is -2.28. The molecule has 0 unspecified atom stereocenters. The molecule has 5 heteroatoms. The van der Waals surface area contributed by atoms with Crippen LogP contribution in [-0.4, -0.2) is 42.4 Å². The van der Waals surface area contributed by atoms with Crippen molar-refractivity contribution in [3.05, 3.63) is 35.9 Å². The summed E-state index contributed by atoms with van der Waals surface area (Å²) in [5.41, 5.74) is 1.22. The molecule has 0 saturated carbocycles. The standard InChI is InChI=1S/C17H25N3O2/c1-13(19-14(2)21)17(22)18-12-16(20-10-6-7-11-20)15-8-4-3-5-9-15/h3-5,8-9,13,16H,6-7,10-12H2,1-2H3,(H,18,22)(H,19,21)/t13-,16-/m0/s1. The van der Waals surface area contributed by atoms with Gasteiger partial charge in [0, 0.05) is 13.5 Å². The molecule has 2 amide bonds. The van der Waals surface area contributed by atoms with Crippen LogP contribution in [0.15, 0.2) is 30.3 Å². The highest BCUT2D eigenvalue weighted by Crippen LogP contribution is 2.24. The highest BCUT2D eigenvalue weighted by molar-refractivity contribution is 5.86. The molecule has 2 N–H and O–H groups in total. The summed E-state index contributed by atoms with van der Waals surface area (Å²) in [6, 6.07) is 9.95. The van der Waals surface area contributed by atoms with Crippen molar-refractivity contribution in [2.24, 2.45) is 0 Å². The number of amides is 2. The zero-order valence-electron chi connectivity index (χ0n) is 13.3. The second-order valence-electron chi connectivity index (χ2n) is 5.84. The zero-order chi connectivity index (χ0) is 15.9. The molecular weight excluding hydrogens is 278 g/mol. The van der Waals surface area contributed by atoms with Crippen LogP contribution in [0.5, 0.6) is 0 Å². The highest BCUT2D eigenvalue weighted by Gasteiger charge is 2.24. The number of carbonyl (C=O) groups is 2. The van der Waals surface area contributed by atoms with E-state index in [0.717, 1.165) is 13.1 Å². The van der Waals surface area contributed by atoms with Gasteiger partial charge in [0.25, 0.3) is 0 Å². The van der Waals surface area contributed by atoms with Gasteiger partial charge in [-0.25, -0.2) is 0 Å². The molecule has 1 aromatic carbocycles. The highest BCUT2D eigenvalue weighted by atomic mass is 16.2. The molecule has 1 fully saturated rings. The van der Waals surface area contributed by atoms with E-state index in [-0.39, 0.29) is 17.9 Å². The monoisotopic (exact) mass is 303 g/mol. The van der Waals surface area contributed by atoms with Gasteiger partial charge in [-0.1, -0.05) is 30.3 Å². The van der Waals surface area contributed by atoms with Gasteiger partial charge in [-0.3, -0.25) is 14.5 Å². The maximum absolute atomic E-state index is 12.1. The Balaban J connectivity index is 1.98. The molecule has 0 bridgehead atoms. The number of nitrogens with zero attached hydrogens (tertiary/aromatic N) is 1. The Kier molecular flexibility index (Phi) is 5.95. The molecule has 1 aliphatic rings. The number of carbonyl (C=O) groups excluding carboxylic acids is 2. The van der Waals surface area contributed by atoms with Crippen LogP contribution in [0.3, 0.4) is 0 Å². The first-order valence-corrected chi connectivity index (χ1v) is 7.91. The van der Waals surface area contributed by atoms with Crippen LogP contribution in [0, 0.1) is 0 Å². The maximum Gasteiger partial charge on any atom is 0.242 e. The Morgan fingerprint density at radius 3 is 2.41 bits per heavy atom. The number of nitrogens with one attached hydrogen (secondary N) is 2. The van der Waals surface area contributed by atoms with Gasteiger partial charge in [-0.15, -0.1) is 0 Å². The fourth-order valence-corrected chi connectivity index (χ4v) is 2.91. The summed E-state index contributed by atoms with van der Waals surface area (Å²) in [6.07, 6.45) is 2.42. The van der Waals surface area contributed by atoms with Gasteiger partial charge in [0.05, 0.1) is 6.04 Å². The smallest absolute Gasteiger partial charge is 0.242 e. The van der Waals surface area contributed by atoms with Gasteiger partial charge >= 0.3 is 0 Å². The van der Waals surface area contributed by atoms with Gasteiger partial charge in [0.2, 0.25) is 11.8 Å². The van der Waals surface area contributed by atoms with Crippen molar-refractivity contribution >= 4 is 11.8 Å². The Morgan fingerprint density at radius 2 is 1.82 bits per heavy atom. The van der Waals surface area contributed by atoms with Crippen LogP contribution in [0.4, 0.5) is 0 Å². The Bertz CT molecular complexity index is 498. The van der Waals surface area contributed by atoms with Crippen LogP contribution in [-0.2, 0) is 9.59 Å². The molecule has 120 valence electrons. The second kappa shape index (κ2) is 7.94. The van der Waals surface area contributed by atoms with Crippen molar-refractivity contribution in [1.82, 2.24) is 15.5 Å². The summed E-state index contributed by atoms with van der Waals surface area (Å²) < 4.78 is 0. The minimum Gasteiger partial charge on any atom is -0.352 e. The fourth-order valence-electron chi connectivity index (χ4n) is 2.91. The van der Waals surface area contributed by atoms with E-state index in [2.05, 4.69) is 27.7 Å². The van der Waals surface area contributed by atoms with Crippen molar-refractivity contribution < 1.29 is 9.59 Å². The van der Waals surface area contributed by atoms with E-state index in [0.29, 0.717) is 6.54 Å². The quantitative estimate of drug-likeness (QED) is 0.836. The molecule has 1 aromatic rings. The van der Waals surface area contributed by atoms with E-state index >= 15 is 0 Å². The van der Waals surface area contributed by atoms with Crippen LogP contribution >= 0.6 is 0 Å². The predicted molar refractivity (Wildman–Crippen MR) is 86.3 cm³/mol. The van der Waals surface area contributed by atoms with E-state index in [1.807, 2.05) is 18.2 Å². The first kappa shape index (κ1) is 16.5. The van der Waals surface area contributed by atoms with Crippen molar-refractivity contribution in [2.75, 3.05) is 19.6 Å². The van der Waals surface area contributed by atoms with E-state index in [4.69, 9.17) is 0 Å². The number of hydrogen-bond donors (Lipinski definition) is 2. The lowest BCUT2D eigenvalue weighted by molar-refractivity contribution is -0.127. The average molecular weight is 303 g/mol. The van der Waals surface area contributed by atoms with Gasteiger partial charge in [0.15, 0.2) is 0 Å². The van der Waals surface area contributed by atoms with E-state index < -0.39 is 6.04 Å². The molecular formula is C17H25N3O2. The molecule has 22 heavy (non-hydrogen) atoms. The third-order valence-corrected chi connectivity index (χ3v) is 4.05. The van der Waals surface area contributed by atoms with Gasteiger partial charge in [-0.05, 0) is 38.4 Å². The van der Waals surface area contributed by atoms with Crippen molar-refractivity contribution in [3.8, 4) is 0 Å². The molecule has 1 saturated heterocycles.